The molecule has 0 radical (unpaired) electrons. The summed E-state index contributed by atoms with van der Waals surface area (Å²) < 4.78 is 43.6. The molecule has 12 heteroatoms. The third-order valence-electron chi connectivity index (χ3n) is 4.35. The predicted molar refractivity (Wildman–Crippen MR) is 115 cm³/mol. The van der Waals surface area contributed by atoms with Crippen molar-refractivity contribution >= 4 is 65.8 Å². The van der Waals surface area contributed by atoms with Crippen LogP contribution in [0.2, 0.25) is 0 Å². The smallest absolute Gasteiger partial charge is 0.338 e. The monoisotopic (exact) mass is 459 g/mol. The lowest BCUT2D eigenvalue weighted by atomic mass is 10.2. The second-order valence-electron chi connectivity index (χ2n) is 6.51. The minimum atomic E-state index is -4.39. The maximum absolute atomic E-state index is 12.8. The van der Waals surface area contributed by atoms with Crippen molar-refractivity contribution in [2.75, 3.05) is 10.6 Å². The van der Waals surface area contributed by atoms with Crippen molar-refractivity contribution in [1.82, 2.24) is 24.3 Å². The van der Waals surface area contributed by atoms with Crippen molar-refractivity contribution in [3.8, 4) is 0 Å². The van der Waals surface area contributed by atoms with E-state index in [2.05, 4.69) is 34.9 Å². The molecule has 156 valence electrons. The highest BCUT2D eigenvalue weighted by Crippen LogP contribution is 2.34. The summed E-state index contributed by atoms with van der Waals surface area (Å²) in [5.74, 6) is 1.56. The van der Waals surface area contributed by atoms with Crippen molar-refractivity contribution in [1.29, 1.82) is 0 Å². The lowest BCUT2D eigenvalue weighted by Crippen LogP contribution is -2.05. The van der Waals surface area contributed by atoms with Gasteiger partial charge in [-0.15, -0.1) is 0 Å². The SMILES string of the molecule is Cc1nc(Nc2ccc(C(F)(F)F)cc2)c2nc(Nc3nccc4sncc34)sc2n1. The topological polar surface area (TPSA) is 88.5 Å². The number of aromatic nitrogens is 5. The number of nitrogens with one attached hydrogen (secondary N) is 2. The summed E-state index contributed by atoms with van der Waals surface area (Å²) in [7, 11) is 0. The van der Waals surface area contributed by atoms with E-state index in [1.54, 1.807) is 19.3 Å². The Morgan fingerprint density at radius 3 is 2.52 bits per heavy atom. The molecule has 4 heterocycles. The van der Waals surface area contributed by atoms with Crippen molar-refractivity contribution in [2.45, 2.75) is 13.1 Å². The Labute approximate surface area is 181 Å². The maximum Gasteiger partial charge on any atom is 0.416 e. The van der Waals surface area contributed by atoms with Crippen LogP contribution in [0.5, 0.6) is 0 Å². The second-order valence-corrected chi connectivity index (χ2v) is 8.33. The van der Waals surface area contributed by atoms with E-state index in [0.717, 1.165) is 22.2 Å². The number of anilines is 4. The van der Waals surface area contributed by atoms with E-state index >= 15 is 0 Å². The molecule has 7 nitrogen and oxygen atoms in total. The van der Waals surface area contributed by atoms with Crippen molar-refractivity contribution in [3.63, 3.8) is 0 Å². The molecule has 0 aliphatic heterocycles. The zero-order valence-electron chi connectivity index (χ0n) is 15.7. The number of thiazole rings is 1. The molecule has 0 fully saturated rings. The van der Waals surface area contributed by atoms with Gasteiger partial charge in [0.05, 0.1) is 21.8 Å². The van der Waals surface area contributed by atoms with Crippen LogP contribution < -0.4 is 10.6 Å². The highest BCUT2D eigenvalue weighted by Gasteiger charge is 2.30. The summed E-state index contributed by atoms with van der Waals surface area (Å²) in [6.45, 7) is 1.74. The van der Waals surface area contributed by atoms with Gasteiger partial charge in [0.15, 0.2) is 15.8 Å². The first-order valence-electron chi connectivity index (χ1n) is 8.93. The summed E-state index contributed by atoms with van der Waals surface area (Å²) in [4.78, 5) is 18.4. The molecule has 31 heavy (non-hydrogen) atoms. The lowest BCUT2D eigenvalue weighted by Gasteiger charge is -2.09. The Morgan fingerprint density at radius 1 is 0.935 bits per heavy atom. The van der Waals surface area contributed by atoms with E-state index in [0.29, 0.717) is 38.6 Å². The van der Waals surface area contributed by atoms with Gasteiger partial charge in [0, 0.05) is 11.9 Å². The van der Waals surface area contributed by atoms with Crippen LogP contribution in [0.4, 0.5) is 35.6 Å². The fourth-order valence-electron chi connectivity index (χ4n) is 2.95. The minimum absolute atomic E-state index is 0.412. The van der Waals surface area contributed by atoms with Gasteiger partial charge in [0.25, 0.3) is 0 Å². The first kappa shape index (κ1) is 19.6. The Balaban J connectivity index is 1.48. The number of pyridine rings is 1. The van der Waals surface area contributed by atoms with Gasteiger partial charge in [0.1, 0.15) is 17.2 Å². The van der Waals surface area contributed by atoms with Gasteiger partial charge in [0.2, 0.25) is 0 Å². The second kappa shape index (κ2) is 7.39. The molecule has 0 aliphatic rings. The number of aryl methyl sites for hydroxylation is 1. The normalized spacial score (nSPS) is 11.9. The maximum atomic E-state index is 12.8. The van der Waals surface area contributed by atoms with Gasteiger partial charge in [-0.1, -0.05) is 11.3 Å². The fourth-order valence-corrected chi connectivity index (χ4v) is 4.47. The molecular formula is C19H12F3N7S2. The molecule has 4 aromatic heterocycles. The summed E-state index contributed by atoms with van der Waals surface area (Å²) in [5, 5.41) is 7.70. The number of benzene rings is 1. The summed E-state index contributed by atoms with van der Waals surface area (Å²) in [6.07, 6.45) is -0.955. The molecule has 0 spiro atoms. The molecule has 5 aromatic rings. The van der Waals surface area contributed by atoms with Crippen LogP contribution in [-0.2, 0) is 6.18 Å². The predicted octanol–water partition coefficient (Wildman–Crippen LogP) is 5.91. The standard InChI is InChI=1S/C19H12F3N7S2/c1-9-25-16(27-11-4-2-10(3-5-11)19(20,21)22)14-17(26-9)30-18(28-14)29-15-12-8-24-31-13(12)6-7-23-15/h2-8H,1H3,(H,23,28,29)(H,25,26,27). The zero-order chi connectivity index (χ0) is 21.6. The van der Waals surface area contributed by atoms with Crippen molar-refractivity contribution < 1.29 is 13.2 Å². The van der Waals surface area contributed by atoms with E-state index in [1.807, 2.05) is 6.07 Å². The number of fused-ring (bicyclic) bond motifs is 2. The molecule has 1 aromatic carbocycles. The van der Waals surface area contributed by atoms with Gasteiger partial charge in [-0.05, 0) is 48.8 Å². The molecule has 0 unspecified atom stereocenters. The lowest BCUT2D eigenvalue weighted by molar-refractivity contribution is -0.137. The fraction of sp³-hybridized carbons (Fsp3) is 0.105. The van der Waals surface area contributed by atoms with Crippen LogP contribution in [0, 0.1) is 6.92 Å². The molecule has 5 rings (SSSR count). The van der Waals surface area contributed by atoms with Crippen LogP contribution in [0.3, 0.4) is 0 Å². The number of hydrogen-bond donors (Lipinski definition) is 2. The molecule has 2 N–H and O–H groups in total. The average Bonchev–Trinajstić information content (AvgIpc) is 3.35. The Bertz CT molecular complexity index is 1390. The van der Waals surface area contributed by atoms with E-state index in [1.165, 1.54) is 35.0 Å². The molecule has 0 aliphatic carbocycles. The Kier molecular flexibility index (Phi) is 4.67. The van der Waals surface area contributed by atoms with Gasteiger partial charge in [-0.25, -0.2) is 19.9 Å². The number of halogens is 3. The number of rotatable bonds is 4. The zero-order valence-corrected chi connectivity index (χ0v) is 17.4. The number of nitrogens with zero attached hydrogens (tertiary/aromatic N) is 5. The summed E-state index contributed by atoms with van der Waals surface area (Å²) in [5.41, 5.74) is 0.256. The number of alkyl halides is 3. The first-order valence-corrected chi connectivity index (χ1v) is 10.5. The van der Waals surface area contributed by atoms with E-state index in [9.17, 15) is 13.2 Å². The minimum Gasteiger partial charge on any atom is -0.338 e. The van der Waals surface area contributed by atoms with Gasteiger partial charge in [-0.2, -0.15) is 17.5 Å². The third-order valence-corrected chi connectivity index (χ3v) is 5.98. The molecule has 0 amide bonds. The Hall–Kier alpha value is -3.38. The molecule has 0 saturated heterocycles. The van der Waals surface area contributed by atoms with Crippen LogP contribution in [0.1, 0.15) is 11.4 Å². The van der Waals surface area contributed by atoms with Crippen LogP contribution in [0.25, 0.3) is 20.4 Å². The largest absolute Gasteiger partial charge is 0.416 e. The molecule has 0 bridgehead atoms. The highest BCUT2D eigenvalue weighted by molar-refractivity contribution is 7.22. The van der Waals surface area contributed by atoms with Crippen molar-refractivity contribution in [3.05, 3.63) is 54.1 Å². The van der Waals surface area contributed by atoms with Crippen LogP contribution in [0.15, 0.2) is 42.7 Å². The van der Waals surface area contributed by atoms with Gasteiger partial charge in [-0.3, -0.25) is 0 Å². The van der Waals surface area contributed by atoms with Gasteiger partial charge >= 0.3 is 6.18 Å². The van der Waals surface area contributed by atoms with Crippen LogP contribution >= 0.6 is 22.9 Å². The average molecular weight is 459 g/mol. The quantitative estimate of drug-likeness (QED) is 0.346. The summed E-state index contributed by atoms with van der Waals surface area (Å²) in [6, 6.07) is 6.63. The van der Waals surface area contributed by atoms with Gasteiger partial charge < -0.3 is 10.6 Å². The number of hydrogen-bond acceptors (Lipinski definition) is 9. The first-order chi connectivity index (χ1) is 14.9. The van der Waals surface area contributed by atoms with Crippen LogP contribution in [-0.4, -0.2) is 24.3 Å². The highest BCUT2D eigenvalue weighted by atomic mass is 32.1. The summed E-state index contributed by atoms with van der Waals surface area (Å²) >= 11 is 2.70. The Morgan fingerprint density at radius 2 is 1.74 bits per heavy atom. The van der Waals surface area contributed by atoms with Crippen molar-refractivity contribution in [2.24, 2.45) is 0 Å². The van der Waals surface area contributed by atoms with E-state index in [4.69, 9.17) is 0 Å². The molecule has 0 atom stereocenters. The van der Waals surface area contributed by atoms with E-state index < -0.39 is 11.7 Å². The van der Waals surface area contributed by atoms with E-state index in [-0.39, 0.29) is 0 Å². The third kappa shape index (κ3) is 3.86. The molecular weight excluding hydrogens is 447 g/mol. The molecule has 0 saturated carbocycles.